The lowest BCUT2D eigenvalue weighted by Gasteiger charge is -2.38. The van der Waals surface area contributed by atoms with Gasteiger partial charge in [-0.1, -0.05) is 24.3 Å². The zero-order valence-electron chi connectivity index (χ0n) is 18.8. The summed E-state index contributed by atoms with van der Waals surface area (Å²) in [6.45, 7) is 3.92. The van der Waals surface area contributed by atoms with Crippen LogP contribution in [0.4, 0.5) is 0 Å². The monoisotopic (exact) mass is 439 g/mol. The molecular formula is C25H29NO6. The van der Waals surface area contributed by atoms with Crippen molar-refractivity contribution in [3.05, 3.63) is 58.1 Å². The molecule has 0 spiro atoms. The first-order valence-corrected chi connectivity index (χ1v) is 11.0. The first kappa shape index (κ1) is 22.3. The van der Waals surface area contributed by atoms with Gasteiger partial charge < -0.3 is 19.1 Å². The summed E-state index contributed by atoms with van der Waals surface area (Å²) in [5, 5.41) is 0. The Balaban J connectivity index is 1.75. The van der Waals surface area contributed by atoms with Crippen LogP contribution in [0, 0.1) is 5.92 Å². The molecule has 1 heterocycles. The number of fused-ring (bicyclic) bond motifs is 1. The fourth-order valence-electron chi connectivity index (χ4n) is 5.14. The maximum atomic E-state index is 13.5. The van der Waals surface area contributed by atoms with E-state index in [2.05, 4.69) is 6.07 Å². The number of morpholine rings is 1. The van der Waals surface area contributed by atoms with E-state index in [4.69, 9.17) is 14.2 Å². The number of carbonyl (C=O) groups is 3. The lowest BCUT2D eigenvalue weighted by atomic mass is 9.67. The van der Waals surface area contributed by atoms with Crippen LogP contribution in [0.5, 0.6) is 0 Å². The molecule has 0 radical (unpaired) electrons. The summed E-state index contributed by atoms with van der Waals surface area (Å²) in [5.41, 5.74) is 2.93. The summed E-state index contributed by atoms with van der Waals surface area (Å²) < 4.78 is 15.9. The highest BCUT2D eigenvalue weighted by Gasteiger charge is 2.43. The van der Waals surface area contributed by atoms with Gasteiger partial charge in [-0.3, -0.25) is 14.4 Å². The van der Waals surface area contributed by atoms with Gasteiger partial charge >= 0.3 is 0 Å². The molecule has 0 unspecified atom stereocenters. The molecule has 1 fully saturated rings. The van der Waals surface area contributed by atoms with Crippen LogP contribution in [0.15, 0.2) is 46.9 Å². The lowest BCUT2D eigenvalue weighted by Crippen LogP contribution is -2.42. The Morgan fingerprint density at radius 1 is 1.06 bits per heavy atom. The van der Waals surface area contributed by atoms with Gasteiger partial charge in [-0.2, -0.15) is 0 Å². The summed E-state index contributed by atoms with van der Waals surface area (Å²) in [6.07, 6.45) is 1.91. The number of carbonyl (C=O) groups excluding carboxylic acids is 3. The number of Topliss-reactive ketones (excluding diaryl/α,β-unsaturated/α-hetero) is 2. The van der Waals surface area contributed by atoms with Crippen molar-refractivity contribution in [3.8, 4) is 0 Å². The number of rotatable bonds is 5. The molecule has 7 nitrogen and oxygen atoms in total. The third-order valence-corrected chi connectivity index (χ3v) is 6.77. The van der Waals surface area contributed by atoms with Gasteiger partial charge in [-0.25, -0.2) is 0 Å². The molecule has 0 bridgehead atoms. The molecule has 3 aliphatic rings. The Kier molecular flexibility index (Phi) is 6.46. The number of hydrogen-bond acceptors (Lipinski definition) is 6. The Hall–Kier alpha value is -2.93. The summed E-state index contributed by atoms with van der Waals surface area (Å²) in [4.78, 5) is 41.5. The molecule has 7 heteroatoms. The van der Waals surface area contributed by atoms with Crippen molar-refractivity contribution in [1.82, 2.24) is 4.90 Å². The molecule has 2 atom stereocenters. The number of ether oxygens (including phenoxy) is 3. The Morgan fingerprint density at radius 2 is 1.72 bits per heavy atom. The van der Waals surface area contributed by atoms with E-state index in [-0.39, 0.29) is 40.8 Å². The fraction of sp³-hybridized carbons (Fsp3) is 0.480. The smallest absolute Gasteiger partial charge is 0.228 e. The quantitative estimate of drug-likeness (QED) is 0.656. The van der Waals surface area contributed by atoms with Gasteiger partial charge in [0, 0.05) is 36.6 Å². The van der Waals surface area contributed by atoms with E-state index in [0.29, 0.717) is 43.9 Å². The lowest BCUT2D eigenvalue weighted by molar-refractivity contribution is -0.136. The number of amides is 1. The van der Waals surface area contributed by atoms with Crippen molar-refractivity contribution in [1.29, 1.82) is 0 Å². The van der Waals surface area contributed by atoms with Gasteiger partial charge in [0.05, 0.1) is 27.4 Å². The number of ketones is 2. The molecular weight excluding hydrogens is 410 g/mol. The van der Waals surface area contributed by atoms with Crippen LogP contribution in [0.3, 0.4) is 0 Å². The zero-order valence-corrected chi connectivity index (χ0v) is 18.8. The summed E-state index contributed by atoms with van der Waals surface area (Å²) >= 11 is 0. The number of benzene rings is 1. The maximum Gasteiger partial charge on any atom is 0.228 e. The van der Waals surface area contributed by atoms with Crippen molar-refractivity contribution in [2.45, 2.75) is 32.1 Å². The molecule has 0 aromatic heterocycles. The summed E-state index contributed by atoms with van der Waals surface area (Å²) in [5.74, 6) is -1.21. The zero-order chi connectivity index (χ0) is 22.8. The van der Waals surface area contributed by atoms with Gasteiger partial charge in [0.2, 0.25) is 29.0 Å². The highest BCUT2D eigenvalue weighted by atomic mass is 16.5. The highest BCUT2D eigenvalue weighted by Crippen LogP contribution is 2.46. The molecule has 1 aromatic rings. The molecule has 0 saturated carbocycles. The number of methoxy groups -OCH3 is 2. The van der Waals surface area contributed by atoms with Crippen molar-refractivity contribution >= 4 is 17.5 Å². The Bertz CT molecular complexity index is 1000. The predicted octanol–water partition coefficient (Wildman–Crippen LogP) is 2.55. The Morgan fingerprint density at radius 3 is 2.41 bits per heavy atom. The molecule has 1 amide bonds. The Labute approximate surface area is 188 Å². The summed E-state index contributed by atoms with van der Waals surface area (Å²) in [6, 6.07) is 7.98. The van der Waals surface area contributed by atoms with Gasteiger partial charge in [0.25, 0.3) is 0 Å². The highest BCUT2D eigenvalue weighted by molar-refractivity contribution is 6.24. The van der Waals surface area contributed by atoms with Gasteiger partial charge in [-0.15, -0.1) is 0 Å². The van der Waals surface area contributed by atoms with E-state index in [1.807, 2.05) is 23.1 Å². The van der Waals surface area contributed by atoms with Crippen LogP contribution in [-0.2, 0) is 35.0 Å². The van der Waals surface area contributed by atoms with Crippen molar-refractivity contribution in [3.63, 3.8) is 0 Å². The van der Waals surface area contributed by atoms with Crippen LogP contribution in [0.25, 0.3) is 0 Å². The molecule has 2 aliphatic carbocycles. The van der Waals surface area contributed by atoms with Crippen molar-refractivity contribution < 1.29 is 28.6 Å². The predicted molar refractivity (Wildman–Crippen MR) is 117 cm³/mol. The average molecular weight is 440 g/mol. The van der Waals surface area contributed by atoms with Crippen LogP contribution in [0.2, 0.25) is 0 Å². The molecule has 4 rings (SSSR count). The van der Waals surface area contributed by atoms with E-state index in [1.54, 1.807) is 6.92 Å². The number of aryl methyl sites for hydroxylation is 1. The van der Waals surface area contributed by atoms with E-state index < -0.39 is 0 Å². The van der Waals surface area contributed by atoms with Gasteiger partial charge in [0.1, 0.15) is 0 Å². The van der Waals surface area contributed by atoms with E-state index in [9.17, 15) is 14.4 Å². The standard InChI is InChI=1S/C25H29NO6/c1-15-20(23(29)25(31-3)24(30-2)22(15)28)21-17(9-8-16-6-4-5-7-18(16)21)14-19(27)26-10-12-32-13-11-26/h4-7,17,21H,8-14H2,1-3H3/t17-,21-/m1/s1. The molecule has 170 valence electrons. The molecule has 0 N–H and O–H groups in total. The molecule has 1 saturated heterocycles. The van der Waals surface area contributed by atoms with E-state index in [1.165, 1.54) is 14.2 Å². The second kappa shape index (κ2) is 9.28. The van der Waals surface area contributed by atoms with Crippen LogP contribution in [-0.4, -0.2) is 62.9 Å². The first-order chi connectivity index (χ1) is 15.5. The van der Waals surface area contributed by atoms with Crippen LogP contribution in [0.1, 0.15) is 36.8 Å². The van der Waals surface area contributed by atoms with Crippen molar-refractivity contribution in [2.75, 3.05) is 40.5 Å². The minimum Gasteiger partial charge on any atom is -0.489 e. The topological polar surface area (TPSA) is 82.1 Å². The minimum absolute atomic E-state index is 0.0654. The number of nitrogens with zero attached hydrogens (tertiary/aromatic N) is 1. The third-order valence-electron chi connectivity index (χ3n) is 6.77. The maximum absolute atomic E-state index is 13.5. The largest absolute Gasteiger partial charge is 0.489 e. The van der Waals surface area contributed by atoms with Crippen molar-refractivity contribution in [2.24, 2.45) is 5.92 Å². The molecule has 1 aliphatic heterocycles. The second-order valence-electron chi connectivity index (χ2n) is 8.44. The summed E-state index contributed by atoms with van der Waals surface area (Å²) in [7, 11) is 2.73. The molecule has 1 aromatic carbocycles. The average Bonchev–Trinajstić information content (AvgIpc) is 2.82. The van der Waals surface area contributed by atoms with Crippen LogP contribution >= 0.6 is 0 Å². The fourth-order valence-corrected chi connectivity index (χ4v) is 5.14. The second-order valence-corrected chi connectivity index (χ2v) is 8.44. The van der Waals surface area contributed by atoms with E-state index in [0.717, 1.165) is 24.0 Å². The SMILES string of the molecule is COC1=C(OC)C(=O)C([C@H]2c3ccccc3CC[C@@H]2CC(=O)N2CCOCC2)=C(C)C1=O. The third kappa shape index (κ3) is 3.86. The first-order valence-electron chi connectivity index (χ1n) is 11.0. The van der Waals surface area contributed by atoms with Gasteiger partial charge in [0.15, 0.2) is 0 Å². The van der Waals surface area contributed by atoms with E-state index >= 15 is 0 Å². The van der Waals surface area contributed by atoms with Gasteiger partial charge in [-0.05, 0) is 36.8 Å². The van der Waals surface area contributed by atoms with Crippen LogP contribution < -0.4 is 0 Å². The minimum atomic E-state index is -0.357. The normalized spacial score (nSPS) is 23.9. The number of allylic oxidation sites excluding steroid dienone is 2. The molecule has 32 heavy (non-hydrogen) atoms. The number of hydrogen-bond donors (Lipinski definition) is 0.